The van der Waals surface area contributed by atoms with Gasteiger partial charge in [0.25, 0.3) is 11.8 Å². The van der Waals surface area contributed by atoms with Gasteiger partial charge < -0.3 is 52.7 Å². The van der Waals surface area contributed by atoms with E-state index in [2.05, 4.69) is 17.6 Å². The van der Waals surface area contributed by atoms with Crippen LogP contribution in [0, 0.1) is 0 Å². The van der Waals surface area contributed by atoms with E-state index in [-0.39, 0.29) is 24.0 Å². The number of benzene rings is 1. The largest absolute Gasteiger partial charge is 0.382 e. The van der Waals surface area contributed by atoms with Crippen LogP contribution in [0.25, 0.3) is 0 Å². The Kier molecular flexibility index (Phi) is 36.3. The van der Waals surface area contributed by atoms with Crippen LogP contribution in [0.5, 0.6) is 0 Å². The number of nitrogens with zero attached hydrogens (tertiary/aromatic N) is 1. The lowest BCUT2D eigenvalue weighted by atomic mass is 10.0. The van der Waals surface area contributed by atoms with Gasteiger partial charge in [-0.25, -0.2) is 0 Å². The minimum atomic E-state index is -1.01. The first-order valence-electron chi connectivity index (χ1n) is 25.9. The first-order valence-corrected chi connectivity index (χ1v) is 25.9. The van der Waals surface area contributed by atoms with Gasteiger partial charge in [-0.3, -0.25) is 29.4 Å². The molecule has 1 fully saturated rings. The molecule has 390 valence electrons. The van der Waals surface area contributed by atoms with E-state index in [1.165, 1.54) is 96.3 Å². The Morgan fingerprint density at radius 2 is 0.838 bits per heavy atom. The van der Waals surface area contributed by atoms with Crippen LogP contribution in [0.3, 0.4) is 0 Å². The first kappa shape index (κ1) is 59.2. The molecule has 1 unspecified atom stereocenters. The standard InChI is InChI=1S/C51H87N3O14/c1-2-3-4-5-6-7-8-9-10-11-12-13-14-15-16-17-24-59-26-28-61-30-32-63-34-36-65-38-40-67-42-43-68-41-39-66-37-35-64-33-31-62-29-27-60-25-23-52-45-20-18-19-44-48(45)51(58)54(50(44)57)46-21-22-47(55)53-49(46)56/h18-20,46,52H,2-17,21-43H2,1H3,(H,53,55,56). The molecule has 2 N–H and O–H groups in total. The zero-order valence-corrected chi connectivity index (χ0v) is 41.5. The minimum absolute atomic E-state index is 0.0671. The third-order valence-electron chi connectivity index (χ3n) is 11.5. The molecule has 0 radical (unpaired) electrons. The molecular formula is C51H87N3O14. The SMILES string of the molecule is CCCCCCCCCCCCCCCCCCOCCOCCOCCOCCOCCOCCOCCOCCOCCOCCNc1cccc2c1C(=O)N(C1CCC(=O)NC1=O)C2=O. The van der Waals surface area contributed by atoms with Crippen molar-refractivity contribution in [3.05, 3.63) is 29.3 Å². The number of carbonyl (C=O) groups is 4. The summed E-state index contributed by atoms with van der Waals surface area (Å²) in [7, 11) is 0. The summed E-state index contributed by atoms with van der Waals surface area (Å²) in [6, 6.07) is 3.92. The minimum Gasteiger partial charge on any atom is -0.382 e. The van der Waals surface area contributed by atoms with Gasteiger partial charge in [0.15, 0.2) is 0 Å². The predicted molar refractivity (Wildman–Crippen MR) is 259 cm³/mol. The number of ether oxygens (including phenoxy) is 10. The van der Waals surface area contributed by atoms with E-state index in [1.54, 1.807) is 18.2 Å². The highest BCUT2D eigenvalue weighted by Gasteiger charge is 2.45. The summed E-state index contributed by atoms with van der Waals surface area (Å²) in [6.07, 6.45) is 22.2. The van der Waals surface area contributed by atoms with Crippen LogP contribution in [-0.4, -0.2) is 173 Å². The summed E-state index contributed by atoms with van der Waals surface area (Å²) in [5.41, 5.74) is 0.916. The van der Waals surface area contributed by atoms with Gasteiger partial charge in [0, 0.05) is 25.3 Å². The molecule has 0 saturated carbocycles. The fraction of sp³-hybridized carbons (Fsp3) is 0.804. The molecule has 1 saturated heterocycles. The maximum absolute atomic E-state index is 13.2. The molecule has 4 amide bonds. The number of carbonyl (C=O) groups excluding carboxylic acids is 4. The molecule has 2 aliphatic heterocycles. The fourth-order valence-corrected chi connectivity index (χ4v) is 7.75. The zero-order chi connectivity index (χ0) is 48.4. The Morgan fingerprint density at radius 3 is 1.24 bits per heavy atom. The Morgan fingerprint density at radius 1 is 0.471 bits per heavy atom. The second kappa shape index (κ2) is 41.7. The van der Waals surface area contributed by atoms with E-state index < -0.39 is 29.7 Å². The third-order valence-corrected chi connectivity index (χ3v) is 11.5. The molecule has 17 heteroatoms. The average Bonchev–Trinajstić information content (AvgIpc) is 3.59. The molecule has 17 nitrogen and oxygen atoms in total. The highest BCUT2D eigenvalue weighted by molar-refractivity contribution is 6.25. The summed E-state index contributed by atoms with van der Waals surface area (Å²) in [6.45, 7) is 12.6. The number of anilines is 1. The van der Waals surface area contributed by atoms with Gasteiger partial charge in [-0.05, 0) is 25.0 Å². The summed E-state index contributed by atoms with van der Waals surface area (Å²) >= 11 is 0. The molecule has 2 heterocycles. The fourth-order valence-electron chi connectivity index (χ4n) is 7.75. The highest BCUT2D eigenvalue weighted by atomic mass is 16.6. The number of piperidine rings is 1. The van der Waals surface area contributed by atoms with Crippen LogP contribution >= 0.6 is 0 Å². The van der Waals surface area contributed by atoms with Gasteiger partial charge >= 0.3 is 0 Å². The lowest BCUT2D eigenvalue weighted by Gasteiger charge is -2.27. The number of hydrogen-bond donors (Lipinski definition) is 2. The van der Waals surface area contributed by atoms with Gasteiger partial charge in [-0.2, -0.15) is 0 Å². The lowest BCUT2D eigenvalue weighted by Crippen LogP contribution is -2.54. The molecule has 1 aromatic carbocycles. The number of imide groups is 2. The van der Waals surface area contributed by atoms with E-state index in [0.29, 0.717) is 138 Å². The van der Waals surface area contributed by atoms with Gasteiger partial charge in [0.2, 0.25) is 11.8 Å². The van der Waals surface area contributed by atoms with Crippen LogP contribution in [-0.2, 0) is 57.0 Å². The molecular weight excluding hydrogens is 879 g/mol. The predicted octanol–water partition coefficient (Wildman–Crippen LogP) is 6.93. The third kappa shape index (κ3) is 27.9. The normalized spacial score (nSPS) is 14.9. The van der Waals surface area contributed by atoms with E-state index in [9.17, 15) is 19.2 Å². The number of amides is 4. The maximum Gasteiger partial charge on any atom is 0.264 e. The van der Waals surface area contributed by atoms with Crippen LogP contribution in [0.2, 0.25) is 0 Å². The second-order valence-electron chi connectivity index (χ2n) is 17.0. The molecule has 0 spiro atoms. The van der Waals surface area contributed by atoms with Gasteiger partial charge in [-0.1, -0.05) is 109 Å². The summed E-state index contributed by atoms with van der Waals surface area (Å²) in [4.78, 5) is 51.0. The monoisotopic (exact) mass is 966 g/mol. The van der Waals surface area contributed by atoms with Crippen LogP contribution in [0.15, 0.2) is 18.2 Å². The van der Waals surface area contributed by atoms with Gasteiger partial charge in [-0.15, -0.1) is 0 Å². The molecule has 1 atom stereocenters. The molecule has 0 bridgehead atoms. The van der Waals surface area contributed by atoms with Crippen molar-refractivity contribution in [2.75, 3.05) is 144 Å². The number of unbranched alkanes of at least 4 members (excludes halogenated alkanes) is 15. The summed E-state index contributed by atoms with van der Waals surface area (Å²) < 4.78 is 55.7. The van der Waals surface area contributed by atoms with Crippen molar-refractivity contribution in [2.45, 2.75) is 129 Å². The van der Waals surface area contributed by atoms with Crippen LogP contribution in [0.1, 0.15) is 143 Å². The molecule has 1 aromatic rings. The van der Waals surface area contributed by atoms with Crippen molar-refractivity contribution in [2.24, 2.45) is 0 Å². The topological polar surface area (TPSA) is 188 Å². The number of rotatable bonds is 49. The summed E-state index contributed by atoms with van der Waals surface area (Å²) in [5.74, 6) is -2.16. The Balaban J connectivity index is 0.934. The van der Waals surface area contributed by atoms with Crippen molar-refractivity contribution in [1.82, 2.24) is 10.2 Å². The molecule has 0 aliphatic carbocycles. The van der Waals surface area contributed by atoms with Crippen molar-refractivity contribution < 1.29 is 66.5 Å². The lowest BCUT2D eigenvalue weighted by molar-refractivity contribution is -0.136. The number of hydrogen-bond acceptors (Lipinski definition) is 15. The van der Waals surface area contributed by atoms with E-state index in [4.69, 9.17) is 47.4 Å². The van der Waals surface area contributed by atoms with Crippen molar-refractivity contribution >= 4 is 29.3 Å². The summed E-state index contributed by atoms with van der Waals surface area (Å²) in [5, 5.41) is 5.35. The van der Waals surface area contributed by atoms with E-state index in [1.807, 2.05) is 0 Å². The highest BCUT2D eigenvalue weighted by Crippen LogP contribution is 2.32. The molecule has 3 rings (SSSR count). The Hall–Kier alpha value is -3.10. The van der Waals surface area contributed by atoms with Crippen LogP contribution < -0.4 is 10.6 Å². The molecule has 2 aliphatic rings. The number of nitrogens with one attached hydrogen (secondary N) is 2. The zero-order valence-electron chi connectivity index (χ0n) is 41.5. The first-order chi connectivity index (χ1) is 33.5. The van der Waals surface area contributed by atoms with E-state index in [0.717, 1.165) is 17.9 Å². The second-order valence-corrected chi connectivity index (χ2v) is 17.0. The smallest absolute Gasteiger partial charge is 0.264 e. The molecule has 0 aromatic heterocycles. The van der Waals surface area contributed by atoms with Gasteiger partial charge in [0.05, 0.1) is 137 Å². The van der Waals surface area contributed by atoms with E-state index >= 15 is 0 Å². The van der Waals surface area contributed by atoms with Crippen molar-refractivity contribution in [3.8, 4) is 0 Å². The molecule has 68 heavy (non-hydrogen) atoms. The Bertz CT molecular complexity index is 1450. The number of fused-ring (bicyclic) bond motifs is 1. The quantitative estimate of drug-likeness (QED) is 0.0505. The van der Waals surface area contributed by atoms with Crippen molar-refractivity contribution in [1.29, 1.82) is 0 Å². The van der Waals surface area contributed by atoms with Crippen LogP contribution in [0.4, 0.5) is 5.69 Å². The van der Waals surface area contributed by atoms with Gasteiger partial charge in [0.1, 0.15) is 6.04 Å². The van der Waals surface area contributed by atoms with Crippen molar-refractivity contribution in [3.63, 3.8) is 0 Å². The Labute approximate surface area is 406 Å². The average molecular weight is 966 g/mol. The maximum atomic E-state index is 13.2.